The van der Waals surface area contributed by atoms with Crippen LogP contribution in [0.15, 0.2) is 18.2 Å². The Hall–Kier alpha value is -2.57. The van der Waals surface area contributed by atoms with Gasteiger partial charge in [0.05, 0.1) is 5.56 Å². The number of H-pyrrole nitrogens is 1. The molecule has 0 unspecified atom stereocenters. The van der Waals surface area contributed by atoms with E-state index in [-0.39, 0.29) is 17.8 Å². The molecule has 26 heavy (non-hydrogen) atoms. The first-order chi connectivity index (χ1) is 12.2. The molecule has 0 atom stereocenters. The van der Waals surface area contributed by atoms with Crippen LogP contribution in [0.1, 0.15) is 36.8 Å². The zero-order valence-corrected chi connectivity index (χ0v) is 15.6. The summed E-state index contributed by atoms with van der Waals surface area (Å²) in [4.78, 5) is 31.5. The number of amides is 2. The topological polar surface area (TPSA) is 65.6 Å². The lowest BCUT2D eigenvalue weighted by Gasteiger charge is -2.35. The number of ether oxygens (including phenoxy) is 1. The quantitative estimate of drug-likeness (QED) is 0.847. The van der Waals surface area contributed by atoms with Crippen LogP contribution < -0.4 is 0 Å². The molecule has 0 saturated carbocycles. The number of benzene rings is 1. The molecule has 0 radical (unpaired) electrons. The number of nitrogens with one attached hydrogen (secondary N) is 1. The molecule has 0 aliphatic carbocycles. The molecular weight excluding hydrogens is 337 g/mol. The summed E-state index contributed by atoms with van der Waals surface area (Å²) in [6.45, 7) is 8.94. The number of aromatic amines is 1. The predicted molar refractivity (Wildman–Crippen MR) is 96.7 cm³/mol. The van der Waals surface area contributed by atoms with Gasteiger partial charge in [0.15, 0.2) is 0 Å². The van der Waals surface area contributed by atoms with Crippen LogP contribution in [-0.2, 0) is 4.74 Å². The molecular formula is C19H24FN3O3. The summed E-state index contributed by atoms with van der Waals surface area (Å²) in [5, 5.41) is 0.585. The standard InChI is InChI=1S/C19H24FN3O3/c1-12-16(14-11-13(20)5-6-15(14)21-12)17(24)22-7-9-23(10-8-22)18(25)26-19(2,3)4/h5-6,11,21H,7-10H2,1-4H3. The van der Waals surface area contributed by atoms with Gasteiger partial charge in [-0.15, -0.1) is 0 Å². The molecule has 140 valence electrons. The van der Waals surface area contributed by atoms with Crippen LogP contribution >= 0.6 is 0 Å². The van der Waals surface area contributed by atoms with Gasteiger partial charge < -0.3 is 19.5 Å². The number of aryl methyl sites for hydroxylation is 1. The first kappa shape index (κ1) is 18.2. The Kier molecular flexibility index (Phi) is 4.64. The third-order valence-electron chi connectivity index (χ3n) is 4.38. The SMILES string of the molecule is Cc1[nH]c2ccc(F)cc2c1C(=O)N1CCN(C(=O)OC(C)(C)C)CC1. The Morgan fingerprint density at radius 1 is 1.12 bits per heavy atom. The Balaban J connectivity index is 1.72. The molecule has 0 bridgehead atoms. The monoisotopic (exact) mass is 361 g/mol. The third-order valence-corrected chi connectivity index (χ3v) is 4.38. The highest BCUT2D eigenvalue weighted by molar-refractivity contribution is 6.08. The molecule has 1 aromatic carbocycles. The summed E-state index contributed by atoms with van der Waals surface area (Å²) >= 11 is 0. The molecule has 1 N–H and O–H groups in total. The van der Waals surface area contributed by atoms with Crippen LogP contribution in [0.2, 0.25) is 0 Å². The number of hydrogen-bond acceptors (Lipinski definition) is 3. The van der Waals surface area contributed by atoms with Crippen molar-refractivity contribution in [3.8, 4) is 0 Å². The van der Waals surface area contributed by atoms with Gasteiger partial charge >= 0.3 is 6.09 Å². The largest absolute Gasteiger partial charge is 0.444 e. The molecule has 3 rings (SSSR count). The summed E-state index contributed by atoms with van der Waals surface area (Å²) < 4.78 is 19.0. The van der Waals surface area contributed by atoms with E-state index in [4.69, 9.17) is 4.74 Å². The van der Waals surface area contributed by atoms with Crippen molar-refractivity contribution >= 4 is 22.9 Å². The van der Waals surface area contributed by atoms with Crippen molar-refractivity contribution in [2.75, 3.05) is 26.2 Å². The highest BCUT2D eigenvalue weighted by Gasteiger charge is 2.29. The van der Waals surface area contributed by atoms with E-state index >= 15 is 0 Å². The second-order valence-corrected chi connectivity index (χ2v) is 7.57. The van der Waals surface area contributed by atoms with Crippen molar-refractivity contribution in [3.05, 3.63) is 35.3 Å². The molecule has 1 fully saturated rings. The van der Waals surface area contributed by atoms with E-state index in [0.717, 1.165) is 5.52 Å². The van der Waals surface area contributed by atoms with Gasteiger partial charge in [0.1, 0.15) is 11.4 Å². The smallest absolute Gasteiger partial charge is 0.410 e. The minimum absolute atomic E-state index is 0.150. The van der Waals surface area contributed by atoms with E-state index in [1.165, 1.54) is 12.1 Å². The molecule has 1 aliphatic rings. The van der Waals surface area contributed by atoms with E-state index in [1.807, 2.05) is 27.7 Å². The second kappa shape index (κ2) is 6.63. The number of halogens is 1. The Morgan fingerprint density at radius 2 is 1.73 bits per heavy atom. The van der Waals surface area contributed by atoms with Crippen LogP contribution in [0.3, 0.4) is 0 Å². The number of rotatable bonds is 1. The second-order valence-electron chi connectivity index (χ2n) is 7.57. The highest BCUT2D eigenvalue weighted by atomic mass is 19.1. The maximum Gasteiger partial charge on any atom is 0.410 e. The Bertz CT molecular complexity index is 846. The molecule has 2 heterocycles. The lowest BCUT2D eigenvalue weighted by molar-refractivity contribution is 0.0141. The predicted octanol–water partition coefficient (Wildman–Crippen LogP) is 3.31. The summed E-state index contributed by atoms with van der Waals surface area (Å²) in [5.41, 5.74) is 1.39. The fourth-order valence-corrected chi connectivity index (χ4v) is 3.15. The average molecular weight is 361 g/mol. The fourth-order valence-electron chi connectivity index (χ4n) is 3.15. The Morgan fingerprint density at radius 3 is 2.35 bits per heavy atom. The van der Waals surface area contributed by atoms with Crippen LogP contribution in [-0.4, -0.2) is 58.6 Å². The summed E-state index contributed by atoms with van der Waals surface area (Å²) in [7, 11) is 0. The number of piperazine rings is 1. The maximum absolute atomic E-state index is 13.6. The lowest BCUT2D eigenvalue weighted by Crippen LogP contribution is -2.51. The molecule has 2 aromatic rings. The van der Waals surface area contributed by atoms with E-state index in [9.17, 15) is 14.0 Å². The zero-order chi connectivity index (χ0) is 19.1. The molecule has 6 nitrogen and oxygen atoms in total. The molecule has 7 heteroatoms. The van der Waals surface area contributed by atoms with Crippen molar-refractivity contribution in [3.63, 3.8) is 0 Å². The van der Waals surface area contributed by atoms with Crippen LogP contribution in [0, 0.1) is 12.7 Å². The summed E-state index contributed by atoms with van der Waals surface area (Å²) in [5.74, 6) is -0.525. The first-order valence-electron chi connectivity index (χ1n) is 8.71. The van der Waals surface area contributed by atoms with Gasteiger partial charge in [0.25, 0.3) is 5.91 Å². The van der Waals surface area contributed by atoms with E-state index < -0.39 is 5.60 Å². The maximum atomic E-state index is 13.6. The van der Waals surface area contributed by atoms with Crippen molar-refractivity contribution in [1.82, 2.24) is 14.8 Å². The summed E-state index contributed by atoms with van der Waals surface area (Å²) in [6, 6.07) is 4.38. The molecule has 0 spiro atoms. The van der Waals surface area contributed by atoms with Gasteiger partial charge in [-0.05, 0) is 45.9 Å². The first-order valence-corrected chi connectivity index (χ1v) is 8.71. The van der Waals surface area contributed by atoms with Gasteiger partial charge in [-0.3, -0.25) is 4.79 Å². The van der Waals surface area contributed by atoms with Crippen LogP contribution in [0.5, 0.6) is 0 Å². The van der Waals surface area contributed by atoms with E-state index in [2.05, 4.69) is 4.98 Å². The van der Waals surface area contributed by atoms with Crippen LogP contribution in [0.4, 0.5) is 9.18 Å². The minimum atomic E-state index is -0.546. The lowest BCUT2D eigenvalue weighted by atomic mass is 10.1. The average Bonchev–Trinajstić information content (AvgIpc) is 2.88. The fraction of sp³-hybridized carbons (Fsp3) is 0.474. The van der Waals surface area contributed by atoms with Gasteiger partial charge in [-0.2, -0.15) is 0 Å². The van der Waals surface area contributed by atoms with E-state index in [1.54, 1.807) is 15.9 Å². The van der Waals surface area contributed by atoms with Crippen molar-refractivity contribution < 1.29 is 18.7 Å². The van der Waals surface area contributed by atoms with Crippen molar-refractivity contribution in [1.29, 1.82) is 0 Å². The number of aromatic nitrogens is 1. The van der Waals surface area contributed by atoms with E-state index in [0.29, 0.717) is 42.8 Å². The van der Waals surface area contributed by atoms with Gasteiger partial charge in [-0.1, -0.05) is 0 Å². The molecule has 1 aliphatic heterocycles. The Labute approximate surface area is 151 Å². The van der Waals surface area contributed by atoms with Crippen molar-refractivity contribution in [2.24, 2.45) is 0 Å². The number of carbonyl (C=O) groups excluding carboxylic acids is 2. The third kappa shape index (κ3) is 3.66. The van der Waals surface area contributed by atoms with Gasteiger partial charge in [-0.25, -0.2) is 9.18 Å². The zero-order valence-electron chi connectivity index (χ0n) is 15.6. The minimum Gasteiger partial charge on any atom is -0.444 e. The van der Waals surface area contributed by atoms with Gasteiger partial charge in [0, 0.05) is 42.8 Å². The van der Waals surface area contributed by atoms with Gasteiger partial charge in [0.2, 0.25) is 0 Å². The molecule has 1 aromatic heterocycles. The highest BCUT2D eigenvalue weighted by Crippen LogP contribution is 2.25. The number of carbonyl (C=O) groups is 2. The number of nitrogens with zero attached hydrogens (tertiary/aromatic N) is 2. The summed E-state index contributed by atoms with van der Waals surface area (Å²) in [6.07, 6.45) is -0.366. The van der Waals surface area contributed by atoms with Crippen LogP contribution in [0.25, 0.3) is 10.9 Å². The normalized spacial score (nSPS) is 15.4. The molecule has 2 amide bonds. The number of hydrogen-bond donors (Lipinski definition) is 1. The number of fused-ring (bicyclic) bond motifs is 1. The van der Waals surface area contributed by atoms with Crippen molar-refractivity contribution in [2.45, 2.75) is 33.3 Å². The molecule has 1 saturated heterocycles.